The van der Waals surface area contributed by atoms with Crippen molar-refractivity contribution in [2.45, 2.75) is 32.9 Å². The molecule has 9 nitrogen and oxygen atoms in total. The van der Waals surface area contributed by atoms with E-state index in [2.05, 4.69) is 4.99 Å². The number of nitrogens with zero attached hydrogens (tertiary/aromatic N) is 3. The number of carbonyl (C=O) groups is 2. The Morgan fingerprint density at radius 3 is 2.28 bits per heavy atom. The van der Waals surface area contributed by atoms with Crippen molar-refractivity contribution in [2.75, 3.05) is 40.4 Å². The Bertz CT molecular complexity index is 765. The van der Waals surface area contributed by atoms with E-state index in [4.69, 9.17) is 19.9 Å². The molecule has 2 N–H and O–H groups in total. The monoisotopic (exact) mass is 406 g/mol. The zero-order chi connectivity index (χ0) is 21.6. The number of guanidine groups is 1. The number of nitrogens with two attached hydrogens (primary N) is 1. The fourth-order valence-corrected chi connectivity index (χ4v) is 2.83. The molecule has 160 valence electrons. The number of ether oxygens (including phenoxy) is 3. The fourth-order valence-electron chi connectivity index (χ4n) is 2.83. The van der Waals surface area contributed by atoms with Gasteiger partial charge < -0.3 is 29.7 Å². The van der Waals surface area contributed by atoms with Gasteiger partial charge in [-0.3, -0.25) is 0 Å². The van der Waals surface area contributed by atoms with Crippen LogP contribution in [0, 0.1) is 0 Å². The smallest absolute Gasteiger partial charge is 0.410 e. The van der Waals surface area contributed by atoms with E-state index in [1.54, 1.807) is 23.1 Å². The fraction of sp³-hybridized carbons (Fsp3) is 0.550. The second kappa shape index (κ2) is 9.49. The summed E-state index contributed by atoms with van der Waals surface area (Å²) in [5.74, 6) is 0.373. The first-order chi connectivity index (χ1) is 13.6. The van der Waals surface area contributed by atoms with Crippen LogP contribution in [0.1, 0.15) is 36.7 Å². The normalized spacial score (nSPS) is 15.1. The summed E-state index contributed by atoms with van der Waals surface area (Å²) in [4.78, 5) is 31.9. The zero-order valence-electron chi connectivity index (χ0n) is 17.7. The van der Waals surface area contributed by atoms with Crippen molar-refractivity contribution in [3.8, 4) is 5.75 Å². The maximum atomic E-state index is 12.1. The van der Waals surface area contributed by atoms with E-state index in [1.807, 2.05) is 25.7 Å². The predicted octanol–water partition coefficient (Wildman–Crippen LogP) is 1.85. The minimum absolute atomic E-state index is 0.314. The molecule has 0 radical (unpaired) electrons. The third-order valence-corrected chi connectivity index (χ3v) is 4.35. The van der Waals surface area contributed by atoms with Crippen molar-refractivity contribution < 1.29 is 23.8 Å². The van der Waals surface area contributed by atoms with Crippen molar-refractivity contribution >= 4 is 18.0 Å². The molecule has 1 aliphatic rings. The lowest BCUT2D eigenvalue weighted by Crippen LogP contribution is -2.53. The molecule has 1 amide bonds. The Morgan fingerprint density at radius 1 is 1.10 bits per heavy atom. The summed E-state index contributed by atoms with van der Waals surface area (Å²) in [7, 11) is 2.82. The van der Waals surface area contributed by atoms with Crippen molar-refractivity contribution in [2.24, 2.45) is 10.7 Å². The van der Waals surface area contributed by atoms with Gasteiger partial charge in [-0.1, -0.05) is 6.07 Å². The molecule has 1 fully saturated rings. The number of hydrogen-bond acceptors (Lipinski definition) is 6. The van der Waals surface area contributed by atoms with Gasteiger partial charge >= 0.3 is 12.1 Å². The van der Waals surface area contributed by atoms with Crippen LogP contribution in [-0.4, -0.2) is 73.8 Å². The lowest BCUT2D eigenvalue weighted by Gasteiger charge is -2.36. The van der Waals surface area contributed by atoms with Gasteiger partial charge in [0.2, 0.25) is 0 Å². The number of methoxy groups -OCH3 is 2. The molecule has 1 heterocycles. The first-order valence-corrected chi connectivity index (χ1v) is 9.42. The van der Waals surface area contributed by atoms with Crippen LogP contribution in [0.15, 0.2) is 23.2 Å². The Morgan fingerprint density at radius 2 is 1.72 bits per heavy atom. The van der Waals surface area contributed by atoms with Gasteiger partial charge in [0.1, 0.15) is 16.9 Å². The third kappa shape index (κ3) is 6.27. The summed E-state index contributed by atoms with van der Waals surface area (Å²) >= 11 is 0. The predicted molar refractivity (Wildman–Crippen MR) is 109 cm³/mol. The largest absolute Gasteiger partial charge is 0.496 e. The van der Waals surface area contributed by atoms with Gasteiger partial charge in [0.05, 0.1) is 20.8 Å². The minimum atomic E-state index is -0.515. The number of benzene rings is 1. The van der Waals surface area contributed by atoms with Gasteiger partial charge in [-0.2, -0.15) is 0 Å². The summed E-state index contributed by atoms with van der Waals surface area (Å²) in [6.45, 7) is 8.09. The first-order valence-electron chi connectivity index (χ1n) is 9.42. The molecule has 29 heavy (non-hydrogen) atoms. The Labute approximate surface area is 171 Å². The second-order valence-corrected chi connectivity index (χ2v) is 7.66. The van der Waals surface area contributed by atoms with E-state index >= 15 is 0 Å². The van der Waals surface area contributed by atoms with Crippen LogP contribution in [0.2, 0.25) is 0 Å². The maximum absolute atomic E-state index is 12.1. The van der Waals surface area contributed by atoms with Gasteiger partial charge in [0.25, 0.3) is 0 Å². The lowest BCUT2D eigenvalue weighted by atomic mass is 10.1. The Kier molecular flexibility index (Phi) is 7.30. The number of piperazine rings is 1. The van der Waals surface area contributed by atoms with Gasteiger partial charge in [-0.15, -0.1) is 0 Å². The van der Waals surface area contributed by atoms with Crippen LogP contribution in [0.3, 0.4) is 0 Å². The van der Waals surface area contributed by atoms with Crippen molar-refractivity contribution in [1.29, 1.82) is 0 Å². The SMILES string of the molecule is COC(=O)c1ccc(CN=C(N)N2CCN(C(=O)OC(C)(C)C)CC2)cc1OC. The highest BCUT2D eigenvalue weighted by Crippen LogP contribution is 2.21. The molecule has 0 spiro atoms. The highest BCUT2D eigenvalue weighted by molar-refractivity contribution is 5.92. The standard InChI is InChI=1S/C20H30N4O5/c1-20(2,3)29-19(26)24-10-8-23(9-11-24)18(21)22-13-14-6-7-15(17(25)28-5)16(12-14)27-4/h6-7,12H,8-11,13H2,1-5H3,(H2,21,22). The zero-order valence-corrected chi connectivity index (χ0v) is 17.7. The molecule has 1 aromatic carbocycles. The summed E-state index contributed by atoms with van der Waals surface area (Å²) in [5.41, 5.74) is 6.82. The first kappa shape index (κ1) is 22.3. The molecular formula is C20H30N4O5. The summed E-state index contributed by atoms with van der Waals surface area (Å²) in [6.07, 6.45) is -0.314. The lowest BCUT2D eigenvalue weighted by molar-refractivity contribution is 0.0186. The van der Waals surface area contributed by atoms with E-state index in [9.17, 15) is 9.59 Å². The molecule has 1 aromatic rings. The minimum Gasteiger partial charge on any atom is -0.496 e. The number of hydrogen-bond donors (Lipinski definition) is 1. The van der Waals surface area contributed by atoms with Crippen molar-refractivity contribution in [3.63, 3.8) is 0 Å². The molecule has 1 aliphatic heterocycles. The van der Waals surface area contributed by atoms with Crippen molar-refractivity contribution in [3.05, 3.63) is 29.3 Å². The number of amides is 1. The molecule has 0 aromatic heterocycles. The third-order valence-electron chi connectivity index (χ3n) is 4.35. The van der Waals surface area contributed by atoms with E-state index in [0.717, 1.165) is 5.56 Å². The summed E-state index contributed by atoms with van der Waals surface area (Å²) in [5, 5.41) is 0. The van der Waals surface area contributed by atoms with Crippen LogP contribution in [0.4, 0.5) is 4.79 Å². The molecule has 0 atom stereocenters. The van der Waals surface area contributed by atoms with Crippen molar-refractivity contribution in [1.82, 2.24) is 9.80 Å². The number of carbonyl (C=O) groups excluding carboxylic acids is 2. The van der Waals surface area contributed by atoms with Crippen LogP contribution in [0.25, 0.3) is 0 Å². The average molecular weight is 406 g/mol. The molecule has 2 rings (SSSR count). The van der Waals surface area contributed by atoms with Gasteiger partial charge in [-0.05, 0) is 38.5 Å². The molecule has 9 heteroatoms. The Hall–Kier alpha value is -2.97. The van der Waals surface area contributed by atoms with Crippen LogP contribution in [0.5, 0.6) is 5.75 Å². The molecule has 0 bridgehead atoms. The molecular weight excluding hydrogens is 376 g/mol. The molecule has 0 unspecified atom stereocenters. The van der Waals surface area contributed by atoms with Crippen LogP contribution in [-0.2, 0) is 16.0 Å². The summed E-state index contributed by atoms with van der Waals surface area (Å²) in [6, 6.07) is 5.17. The number of aliphatic imine (C=N–C) groups is 1. The van der Waals surface area contributed by atoms with Crippen LogP contribution >= 0.6 is 0 Å². The van der Waals surface area contributed by atoms with Gasteiger partial charge in [-0.25, -0.2) is 14.6 Å². The quantitative estimate of drug-likeness (QED) is 0.462. The van der Waals surface area contributed by atoms with Gasteiger partial charge in [0, 0.05) is 26.2 Å². The number of rotatable bonds is 4. The van der Waals surface area contributed by atoms with Gasteiger partial charge in [0.15, 0.2) is 5.96 Å². The molecule has 0 aliphatic carbocycles. The van der Waals surface area contributed by atoms with Crippen LogP contribution < -0.4 is 10.5 Å². The molecule has 1 saturated heterocycles. The van der Waals surface area contributed by atoms with E-state index < -0.39 is 11.6 Å². The Balaban J connectivity index is 1.94. The second-order valence-electron chi connectivity index (χ2n) is 7.66. The number of esters is 1. The van der Waals surface area contributed by atoms with E-state index in [0.29, 0.717) is 50.0 Å². The highest BCUT2D eigenvalue weighted by atomic mass is 16.6. The van der Waals surface area contributed by atoms with E-state index in [1.165, 1.54) is 14.2 Å². The van der Waals surface area contributed by atoms with E-state index in [-0.39, 0.29) is 6.09 Å². The molecule has 0 saturated carbocycles. The average Bonchev–Trinajstić information content (AvgIpc) is 2.70. The highest BCUT2D eigenvalue weighted by Gasteiger charge is 2.26. The summed E-state index contributed by atoms with van der Waals surface area (Å²) < 4.78 is 15.4. The topological polar surface area (TPSA) is 107 Å². The maximum Gasteiger partial charge on any atom is 0.410 e.